The molecule has 1 heterocycles. The highest BCUT2D eigenvalue weighted by Gasteiger charge is 2.40. The van der Waals surface area contributed by atoms with Crippen LogP contribution in [-0.2, 0) is 4.79 Å². The number of carbonyl (C=O) groups excluding carboxylic acids is 1. The summed E-state index contributed by atoms with van der Waals surface area (Å²) in [5.41, 5.74) is -0.0889. The second-order valence-electron chi connectivity index (χ2n) is 5.71. The van der Waals surface area contributed by atoms with Crippen LogP contribution in [0.5, 0.6) is 0 Å². The fourth-order valence-electron chi connectivity index (χ4n) is 2.51. The van der Waals surface area contributed by atoms with Crippen molar-refractivity contribution in [2.45, 2.75) is 51.5 Å². The summed E-state index contributed by atoms with van der Waals surface area (Å²) in [6.45, 7) is 6.12. The van der Waals surface area contributed by atoms with Crippen molar-refractivity contribution < 1.29 is 4.79 Å². The van der Waals surface area contributed by atoms with E-state index < -0.39 is 0 Å². The van der Waals surface area contributed by atoms with Crippen LogP contribution in [0, 0.1) is 5.41 Å². The molecule has 0 radical (unpaired) electrons. The van der Waals surface area contributed by atoms with Crippen LogP contribution in [0.25, 0.3) is 0 Å². The maximum Gasteiger partial charge on any atom is 0.227 e. The highest BCUT2D eigenvalue weighted by atomic mass is 16.2. The van der Waals surface area contributed by atoms with Gasteiger partial charge < -0.3 is 10.6 Å². The minimum absolute atomic E-state index is 0.0948. The fraction of sp³-hybridized carbons (Fsp3) is 0.917. The van der Waals surface area contributed by atoms with Gasteiger partial charge in [0.1, 0.15) is 0 Å². The molecule has 2 rings (SSSR count). The molecular weight excluding hydrogens is 188 g/mol. The third-order valence-corrected chi connectivity index (χ3v) is 4.02. The lowest BCUT2D eigenvalue weighted by molar-refractivity contribution is -0.134. The number of nitrogens with one attached hydrogen (secondary N) is 2. The van der Waals surface area contributed by atoms with Gasteiger partial charge in [-0.15, -0.1) is 0 Å². The van der Waals surface area contributed by atoms with Crippen molar-refractivity contribution in [3.05, 3.63) is 0 Å². The van der Waals surface area contributed by atoms with Gasteiger partial charge in [-0.3, -0.25) is 4.79 Å². The Balaban J connectivity index is 1.94. The van der Waals surface area contributed by atoms with Gasteiger partial charge in [0.2, 0.25) is 5.91 Å². The summed E-state index contributed by atoms with van der Waals surface area (Å²) in [6, 6.07) is 0. The third kappa shape index (κ3) is 2.17. The fourth-order valence-corrected chi connectivity index (χ4v) is 2.51. The standard InChI is InChI=1S/C12H22N2O/c1-11(5-4-8-13-9-11)10(15)14-12(2)6-3-7-12/h13H,3-9H2,1-2H3,(H,14,15). The van der Waals surface area contributed by atoms with E-state index in [2.05, 4.69) is 24.5 Å². The molecule has 0 aromatic carbocycles. The Bertz CT molecular complexity index is 252. The average Bonchev–Trinajstić information content (AvgIpc) is 2.16. The molecule has 1 saturated carbocycles. The monoisotopic (exact) mass is 210 g/mol. The summed E-state index contributed by atoms with van der Waals surface area (Å²) in [4.78, 5) is 12.2. The summed E-state index contributed by atoms with van der Waals surface area (Å²) in [7, 11) is 0. The lowest BCUT2D eigenvalue weighted by atomic mass is 9.76. The van der Waals surface area contributed by atoms with Gasteiger partial charge in [0.15, 0.2) is 0 Å². The average molecular weight is 210 g/mol. The van der Waals surface area contributed by atoms with Gasteiger partial charge in [-0.25, -0.2) is 0 Å². The zero-order valence-corrected chi connectivity index (χ0v) is 9.86. The molecule has 86 valence electrons. The third-order valence-electron chi connectivity index (χ3n) is 4.02. The Labute approximate surface area is 92.0 Å². The van der Waals surface area contributed by atoms with E-state index in [0.29, 0.717) is 0 Å². The van der Waals surface area contributed by atoms with Gasteiger partial charge in [-0.1, -0.05) is 0 Å². The lowest BCUT2D eigenvalue weighted by Crippen LogP contribution is -2.57. The van der Waals surface area contributed by atoms with Crippen LogP contribution < -0.4 is 10.6 Å². The SMILES string of the molecule is CC1(NC(=O)C2(C)CCCNC2)CCC1. The van der Waals surface area contributed by atoms with E-state index in [1.807, 2.05) is 0 Å². The van der Waals surface area contributed by atoms with E-state index >= 15 is 0 Å². The number of amides is 1. The van der Waals surface area contributed by atoms with E-state index in [1.54, 1.807) is 0 Å². The van der Waals surface area contributed by atoms with Crippen molar-refractivity contribution in [1.29, 1.82) is 0 Å². The lowest BCUT2D eigenvalue weighted by Gasteiger charge is -2.43. The van der Waals surface area contributed by atoms with E-state index in [9.17, 15) is 4.79 Å². The molecule has 0 spiro atoms. The minimum atomic E-state index is -0.184. The molecule has 0 bridgehead atoms. The largest absolute Gasteiger partial charge is 0.350 e. The molecule has 1 unspecified atom stereocenters. The summed E-state index contributed by atoms with van der Waals surface area (Å²) < 4.78 is 0. The Morgan fingerprint density at radius 3 is 2.40 bits per heavy atom. The molecule has 3 nitrogen and oxygen atoms in total. The summed E-state index contributed by atoms with van der Waals surface area (Å²) in [5.74, 6) is 0.247. The van der Waals surface area contributed by atoms with Crippen molar-refractivity contribution >= 4 is 5.91 Å². The molecule has 2 aliphatic rings. The van der Waals surface area contributed by atoms with Crippen molar-refractivity contribution in [3.8, 4) is 0 Å². The number of hydrogen-bond acceptors (Lipinski definition) is 2. The van der Waals surface area contributed by atoms with Gasteiger partial charge in [0.25, 0.3) is 0 Å². The number of piperidine rings is 1. The topological polar surface area (TPSA) is 41.1 Å². The van der Waals surface area contributed by atoms with Gasteiger partial charge in [0, 0.05) is 12.1 Å². The van der Waals surface area contributed by atoms with Crippen LogP contribution in [0.15, 0.2) is 0 Å². The first-order chi connectivity index (χ1) is 7.04. The molecule has 0 aromatic heterocycles. The summed E-state index contributed by atoms with van der Waals surface area (Å²) in [5, 5.41) is 6.54. The highest BCUT2D eigenvalue weighted by molar-refractivity contribution is 5.83. The molecular formula is C12H22N2O. The van der Waals surface area contributed by atoms with E-state index in [1.165, 1.54) is 6.42 Å². The Hall–Kier alpha value is -0.570. The van der Waals surface area contributed by atoms with Crippen molar-refractivity contribution in [2.24, 2.45) is 5.41 Å². The van der Waals surface area contributed by atoms with E-state index in [0.717, 1.165) is 38.8 Å². The molecule has 2 fully saturated rings. The van der Waals surface area contributed by atoms with Gasteiger partial charge in [-0.05, 0) is 52.5 Å². The molecule has 2 N–H and O–H groups in total. The normalized spacial score (nSPS) is 34.3. The Morgan fingerprint density at radius 2 is 1.93 bits per heavy atom. The molecule has 15 heavy (non-hydrogen) atoms. The van der Waals surface area contributed by atoms with Crippen molar-refractivity contribution in [3.63, 3.8) is 0 Å². The molecule has 1 saturated heterocycles. The smallest absolute Gasteiger partial charge is 0.227 e. The van der Waals surface area contributed by atoms with Gasteiger partial charge >= 0.3 is 0 Å². The summed E-state index contributed by atoms with van der Waals surface area (Å²) in [6.07, 6.45) is 5.67. The van der Waals surface area contributed by atoms with Crippen LogP contribution >= 0.6 is 0 Å². The van der Waals surface area contributed by atoms with Crippen LogP contribution in [0.2, 0.25) is 0 Å². The molecule has 1 atom stereocenters. The molecule has 3 heteroatoms. The minimum Gasteiger partial charge on any atom is -0.350 e. The Morgan fingerprint density at radius 1 is 1.20 bits per heavy atom. The zero-order valence-electron chi connectivity index (χ0n) is 9.86. The van der Waals surface area contributed by atoms with E-state index in [-0.39, 0.29) is 16.9 Å². The predicted molar refractivity (Wildman–Crippen MR) is 60.6 cm³/mol. The second kappa shape index (κ2) is 3.78. The van der Waals surface area contributed by atoms with Crippen LogP contribution in [0.4, 0.5) is 0 Å². The zero-order chi connectivity index (χ0) is 10.9. The van der Waals surface area contributed by atoms with Crippen LogP contribution in [0.3, 0.4) is 0 Å². The molecule has 1 aliphatic carbocycles. The first-order valence-corrected chi connectivity index (χ1v) is 6.08. The van der Waals surface area contributed by atoms with Crippen molar-refractivity contribution in [1.82, 2.24) is 10.6 Å². The number of rotatable bonds is 2. The van der Waals surface area contributed by atoms with Crippen molar-refractivity contribution in [2.75, 3.05) is 13.1 Å². The molecule has 1 aliphatic heterocycles. The van der Waals surface area contributed by atoms with Gasteiger partial charge in [-0.2, -0.15) is 0 Å². The second-order valence-corrected chi connectivity index (χ2v) is 5.71. The quantitative estimate of drug-likeness (QED) is 0.724. The molecule has 0 aromatic rings. The Kier molecular flexibility index (Phi) is 2.75. The van der Waals surface area contributed by atoms with Crippen LogP contribution in [0.1, 0.15) is 46.0 Å². The summed E-state index contributed by atoms with van der Waals surface area (Å²) >= 11 is 0. The number of carbonyl (C=O) groups is 1. The predicted octanol–water partition coefficient (Wildman–Crippen LogP) is 1.43. The molecule has 1 amide bonds. The van der Waals surface area contributed by atoms with E-state index in [4.69, 9.17) is 0 Å². The first kappa shape index (κ1) is 10.9. The highest BCUT2D eigenvalue weighted by Crippen LogP contribution is 2.33. The van der Waals surface area contributed by atoms with Crippen LogP contribution in [-0.4, -0.2) is 24.5 Å². The van der Waals surface area contributed by atoms with Gasteiger partial charge in [0.05, 0.1) is 5.41 Å². The first-order valence-electron chi connectivity index (χ1n) is 6.08. The number of hydrogen-bond donors (Lipinski definition) is 2. The maximum atomic E-state index is 12.2. The maximum absolute atomic E-state index is 12.2.